The molecule has 1 saturated heterocycles. The Morgan fingerprint density at radius 1 is 1.25 bits per heavy atom. The number of hydrogen-bond acceptors (Lipinski definition) is 5. The number of methoxy groups -OCH3 is 2. The lowest BCUT2D eigenvalue weighted by atomic mass is 10.0. The van der Waals surface area contributed by atoms with Crippen LogP contribution >= 0.6 is 0 Å². The van der Waals surface area contributed by atoms with Crippen molar-refractivity contribution in [2.45, 2.75) is 32.2 Å². The van der Waals surface area contributed by atoms with Crippen LogP contribution in [0.1, 0.15) is 26.2 Å². The standard InChI is InChI=1S/C14H26N2O4/c1-12-6-4-5-7-16(12)13(17)10-15(8-9-19-2)11-14(18)20-3/h12H,4-11H2,1-3H3. The zero-order chi connectivity index (χ0) is 15.0. The molecular formula is C14H26N2O4. The predicted octanol–water partition coefficient (Wildman–Crippen LogP) is 0.509. The summed E-state index contributed by atoms with van der Waals surface area (Å²) in [6.07, 6.45) is 3.30. The van der Waals surface area contributed by atoms with E-state index < -0.39 is 0 Å². The van der Waals surface area contributed by atoms with E-state index in [1.807, 2.05) is 4.90 Å². The van der Waals surface area contributed by atoms with Crippen LogP contribution in [0.5, 0.6) is 0 Å². The van der Waals surface area contributed by atoms with Crippen molar-refractivity contribution in [1.82, 2.24) is 9.80 Å². The van der Waals surface area contributed by atoms with Gasteiger partial charge in [0.15, 0.2) is 0 Å². The number of amides is 1. The van der Waals surface area contributed by atoms with Gasteiger partial charge in [-0.2, -0.15) is 0 Å². The SMILES string of the molecule is COCCN(CC(=O)OC)CC(=O)N1CCCCC1C. The van der Waals surface area contributed by atoms with E-state index in [9.17, 15) is 9.59 Å². The Hall–Kier alpha value is -1.14. The first kappa shape index (κ1) is 16.9. The third kappa shape index (κ3) is 5.46. The second kappa shape index (κ2) is 8.92. The molecular weight excluding hydrogens is 260 g/mol. The monoisotopic (exact) mass is 286 g/mol. The van der Waals surface area contributed by atoms with Gasteiger partial charge in [0.25, 0.3) is 0 Å². The van der Waals surface area contributed by atoms with Crippen LogP contribution in [0.25, 0.3) is 0 Å². The van der Waals surface area contributed by atoms with Crippen LogP contribution in [-0.4, -0.2) is 74.7 Å². The molecule has 1 rings (SSSR count). The molecule has 0 spiro atoms. The van der Waals surface area contributed by atoms with Crippen LogP contribution in [0, 0.1) is 0 Å². The zero-order valence-electron chi connectivity index (χ0n) is 12.8. The highest BCUT2D eigenvalue weighted by atomic mass is 16.5. The fourth-order valence-electron chi connectivity index (χ4n) is 2.43. The minimum Gasteiger partial charge on any atom is -0.468 e. The fraction of sp³-hybridized carbons (Fsp3) is 0.857. The van der Waals surface area contributed by atoms with Gasteiger partial charge in [-0.1, -0.05) is 0 Å². The lowest BCUT2D eigenvalue weighted by molar-refractivity contribution is -0.143. The van der Waals surface area contributed by atoms with Crippen molar-refractivity contribution in [2.75, 3.05) is 47.0 Å². The highest BCUT2D eigenvalue weighted by Crippen LogP contribution is 2.16. The van der Waals surface area contributed by atoms with Crippen LogP contribution < -0.4 is 0 Å². The molecule has 0 bridgehead atoms. The molecule has 1 aliphatic heterocycles. The number of carbonyl (C=O) groups excluding carboxylic acids is 2. The number of esters is 1. The molecule has 0 aromatic carbocycles. The van der Waals surface area contributed by atoms with E-state index in [4.69, 9.17) is 4.74 Å². The Labute approximate surface area is 121 Å². The Morgan fingerprint density at radius 2 is 2.00 bits per heavy atom. The second-order valence-corrected chi connectivity index (χ2v) is 5.21. The molecule has 6 heteroatoms. The van der Waals surface area contributed by atoms with E-state index in [0.29, 0.717) is 19.2 Å². The molecule has 116 valence electrons. The van der Waals surface area contributed by atoms with Gasteiger partial charge in [-0.3, -0.25) is 14.5 Å². The molecule has 0 aromatic heterocycles. The first-order valence-corrected chi connectivity index (χ1v) is 7.16. The average molecular weight is 286 g/mol. The predicted molar refractivity (Wildman–Crippen MR) is 75.4 cm³/mol. The maximum atomic E-state index is 12.3. The molecule has 0 aromatic rings. The highest BCUT2D eigenvalue weighted by molar-refractivity contribution is 5.79. The molecule has 0 radical (unpaired) electrons. The third-order valence-electron chi connectivity index (χ3n) is 3.67. The molecule has 1 atom stereocenters. The Bertz CT molecular complexity index is 322. The summed E-state index contributed by atoms with van der Waals surface area (Å²) in [5, 5.41) is 0. The summed E-state index contributed by atoms with van der Waals surface area (Å²) in [7, 11) is 2.95. The number of carbonyl (C=O) groups is 2. The lowest BCUT2D eigenvalue weighted by Crippen LogP contribution is -2.48. The first-order chi connectivity index (χ1) is 9.58. The molecule has 0 N–H and O–H groups in total. The molecule has 1 amide bonds. The molecule has 6 nitrogen and oxygen atoms in total. The van der Waals surface area contributed by atoms with Gasteiger partial charge in [0.2, 0.25) is 5.91 Å². The van der Waals surface area contributed by atoms with Gasteiger partial charge in [0.1, 0.15) is 0 Å². The van der Waals surface area contributed by atoms with Gasteiger partial charge >= 0.3 is 5.97 Å². The summed E-state index contributed by atoms with van der Waals surface area (Å²) in [5.74, 6) is -0.252. The van der Waals surface area contributed by atoms with Gasteiger partial charge < -0.3 is 14.4 Å². The van der Waals surface area contributed by atoms with Crippen molar-refractivity contribution < 1.29 is 19.1 Å². The van der Waals surface area contributed by atoms with E-state index in [1.165, 1.54) is 13.5 Å². The lowest BCUT2D eigenvalue weighted by Gasteiger charge is -2.35. The van der Waals surface area contributed by atoms with Crippen molar-refractivity contribution >= 4 is 11.9 Å². The van der Waals surface area contributed by atoms with Crippen molar-refractivity contribution in [1.29, 1.82) is 0 Å². The van der Waals surface area contributed by atoms with Gasteiger partial charge in [0.05, 0.1) is 26.8 Å². The zero-order valence-corrected chi connectivity index (χ0v) is 12.8. The van der Waals surface area contributed by atoms with Crippen molar-refractivity contribution in [3.05, 3.63) is 0 Å². The summed E-state index contributed by atoms with van der Waals surface area (Å²) in [6, 6.07) is 0.290. The third-order valence-corrected chi connectivity index (χ3v) is 3.67. The van der Waals surface area contributed by atoms with E-state index in [2.05, 4.69) is 11.7 Å². The van der Waals surface area contributed by atoms with Crippen LogP contribution in [-0.2, 0) is 19.1 Å². The smallest absolute Gasteiger partial charge is 0.319 e. The van der Waals surface area contributed by atoms with E-state index >= 15 is 0 Å². The Balaban J connectivity index is 2.53. The number of rotatable bonds is 7. The molecule has 0 saturated carbocycles. The molecule has 1 unspecified atom stereocenters. The van der Waals surface area contributed by atoms with Gasteiger partial charge in [-0.15, -0.1) is 0 Å². The Kier molecular flexibility index (Phi) is 7.54. The van der Waals surface area contributed by atoms with Crippen LogP contribution in [0.2, 0.25) is 0 Å². The maximum Gasteiger partial charge on any atom is 0.319 e. The summed E-state index contributed by atoms with van der Waals surface area (Å²) in [5.41, 5.74) is 0. The molecule has 1 aliphatic rings. The maximum absolute atomic E-state index is 12.3. The summed E-state index contributed by atoms with van der Waals surface area (Å²) >= 11 is 0. The minimum atomic E-state index is -0.333. The van der Waals surface area contributed by atoms with Crippen LogP contribution in [0.4, 0.5) is 0 Å². The molecule has 20 heavy (non-hydrogen) atoms. The highest BCUT2D eigenvalue weighted by Gasteiger charge is 2.25. The van der Waals surface area contributed by atoms with Crippen molar-refractivity contribution in [3.8, 4) is 0 Å². The number of ether oxygens (including phenoxy) is 2. The fourth-order valence-corrected chi connectivity index (χ4v) is 2.43. The first-order valence-electron chi connectivity index (χ1n) is 7.16. The normalized spacial score (nSPS) is 19.2. The minimum absolute atomic E-state index is 0.0807. The van der Waals surface area contributed by atoms with Gasteiger partial charge in [-0.25, -0.2) is 0 Å². The topological polar surface area (TPSA) is 59.1 Å². The molecule has 1 heterocycles. The average Bonchev–Trinajstić information content (AvgIpc) is 2.44. The van der Waals surface area contributed by atoms with Crippen molar-refractivity contribution in [3.63, 3.8) is 0 Å². The van der Waals surface area contributed by atoms with E-state index in [1.54, 1.807) is 12.0 Å². The van der Waals surface area contributed by atoms with Gasteiger partial charge in [0, 0.05) is 26.2 Å². The van der Waals surface area contributed by atoms with Crippen LogP contribution in [0.3, 0.4) is 0 Å². The number of nitrogens with zero attached hydrogens (tertiary/aromatic N) is 2. The van der Waals surface area contributed by atoms with E-state index in [-0.39, 0.29) is 25.0 Å². The summed E-state index contributed by atoms with van der Waals surface area (Å²) in [4.78, 5) is 27.4. The quantitative estimate of drug-likeness (QED) is 0.638. The largest absolute Gasteiger partial charge is 0.468 e. The second-order valence-electron chi connectivity index (χ2n) is 5.21. The number of piperidine rings is 1. The molecule has 1 fully saturated rings. The number of hydrogen-bond donors (Lipinski definition) is 0. The molecule has 0 aliphatic carbocycles. The summed E-state index contributed by atoms with van der Waals surface area (Å²) in [6.45, 7) is 4.28. The number of likely N-dealkylation sites (tertiary alicyclic amines) is 1. The van der Waals surface area contributed by atoms with Crippen LogP contribution in [0.15, 0.2) is 0 Å². The summed E-state index contributed by atoms with van der Waals surface area (Å²) < 4.78 is 9.68. The van der Waals surface area contributed by atoms with Gasteiger partial charge in [-0.05, 0) is 26.2 Å². The van der Waals surface area contributed by atoms with E-state index in [0.717, 1.165) is 19.4 Å². The van der Waals surface area contributed by atoms with Crippen molar-refractivity contribution in [2.24, 2.45) is 0 Å². The Morgan fingerprint density at radius 3 is 2.60 bits per heavy atom.